The molecule has 0 atom stereocenters. The van der Waals surface area contributed by atoms with Gasteiger partial charge < -0.3 is 15.4 Å². The number of aryl methyl sites for hydroxylation is 2. The Morgan fingerprint density at radius 2 is 1.79 bits per heavy atom. The predicted octanol–water partition coefficient (Wildman–Crippen LogP) is 5.31. The number of rotatable bonds is 5. The van der Waals surface area contributed by atoms with E-state index < -0.39 is 0 Å². The third-order valence-electron chi connectivity index (χ3n) is 4.82. The molecule has 3 aromatic rings. The van der Waals surface area contributed by atoms with Gasteiger partial charge >= 0.3 is 0 Å². The first-order valence-corrected chi connectivity index (χ1v) is 9.66. The van der Waals surface area contributed by atoms with Crippen molar-refractivity contribution in [1.29, 1.82) is 0 Å². The van der Waals surface area contributed by atoms with E-state index in [0.717, 1.165) is 18.4 Å². The van der Waals surface area contributed by atoms with Gasteiger partial charge in [0.15, 0.2) is 5.75 Å². The summed E-state index contributed by atoms with van der Waals surface area (Å²) in [6, 6.07) is 20.8. The van der Waals surface area contributed by atoms with Crippen LogP contribution in [0.4, 0.5) is 11.4 Å². The van der Waals surface area contributed by atoms with Gasteiger partial charge in [-0.05, 0) is 61.2 Å². The maximum Gasteiger partial charge on any atom is 0.259 e. The average Bonchev–Trinajstić information content (AvgIpc) is 2.84. The van der Waals surface area contributed by atoms with Crippen LogP contribution in [0.25, 0.3) is 0 Å². The minimum atomic E-state index is -0.260. The Labute approximate surface area is 169 Å². The summed E-state index contributed by atoms with van der Waals surface area (Å²) in [6.07, 6.45) is 2.03. The average molecular weight is 386 g/mol. The molecule has 0 fully saturated rings. The van der Waals surface area contributed by atoms with Gasteiger partial charge in [0.25, 0.3) is 5.91 Å². The van der Waals surface area contributed by atoms with Crippen LogP contribution in [-0.4, -0.2) is 11.8 Å². The molecule has 4 rings (SSSR count). The lowest BCUT2D eigenvalue weighted by molar-refractivity contribution is -0.116. The molecular weight excluding hydrogens is 364 g/mol. The van der Waals surface area contributed by atoms with Gasteiger partial charge in [-0.3, -0.25) is 9.59 Å². The van der Waals surface area contributed by atoms with Gasteiger partial charge in [0, 0.05) is 12.1 Å². The molecule has 29 heavy (non-hydrogen) atoms. The molecule has 146 valence electrons. The molecule has 0 spiro atoms. The molecule has 3 aromatic carbocycles. The highest BCUT2D eigenvalue weighted by Crippen LogP contribution is 2.37. The maximum absolute atomic E-state index is 12.6. The van der Waals surface area contributed by atoms with E-state index in [2.05, 4.69) is 22.8 Å². The highest BCUT2D eigenvalue weighted by molar-refractivity contribution is 6.09. The van der Waals surface area contributed by atoms with Gasteiger partial charge in [-0.25, -0.2) is 0 Å². The molecule has 0 aromatic heterocycles. The summed E-state index contributed by atoms with van der Waals surface area (Å²) in [4.78, 5) is 24.9. The molecule has 0 radical (unpaired) electrons. The summed E-state index contributed by atoms with van der Waals surface area (Å²) in [5, 5.41) is 5.75. The van der Waals surface area contributed by atoms with Gasteiger partial charge in [-0.1, -0.05) is 36.4 Å². The first-order valence-electron chi connectivity index (χ1n) is 9.66. The monoisotopic (exact) mass is 386 g/mol. The fourth-order valence-corrected chi connectivity index (χ4v) is 3.33. The number of hydrogen-bond donors (Lipinski definition) is 2. The molecule has 5 heteroatoms. The largest absolute Gasteiger partial charge is 0.454 e. The summed E-state index contributed by atoms with van der Waals surface area (Å²) < 4.78 is 5.91. The number of amides is 2. The molecule has 2 amide bonds. The first kappa shape index (κ1) is 18.7. The molecule has 0 saturated heterocycles. The number of anilines is 2. The van der Waals surface area contributed by atoms with Crippen molar-refractivity contribution in [3.63, 3.8) is 0 Å². The molecule has 1 heterocycles. The first-order chi connectivity index (χ1) is 14.1. The number of carbonyl (C=O) groups is 2. The number of ether oxygens (including phenoxy) is 1. The van der Waals surface area contributed by atoms with Crippen molar-refractivity contribution in [2.24, 2.45) is 0 Å². The van der Waals surface area contributed by atoms with Crippen LogP contribution in [0.15, 0.2) is 66.7 Å². The molecule has 1 aliphatic rings. The molecule has 0 aliphatic carbocycles. The smallest absolute Gasteiger partial charge is 0.259 e. The zero-order chi connectivity index (χ0) is 20.2. The van der Waals surface area contributed by atoms with E-state index in [9.17, 15) is 9.59 Å². The summed E-state index contributed by atoms with van der Waals surface area (Å²) in [6.45, 7) is 1.95. The van der Waals surface area contributed by atoms with Crippen LogP contribution in [0.5, 0.6) is 11.5 Å². The third kappa shape index (κ3) is 4.46. The molecular formula is C24H22N2O3. The van der Waals surface area contributed by atoms with Crippen molar-refractivity contribution in [1.82, 2.24) is 0 Å². The number of hydrogen-bond acceptors (Lipinski definition) is 3. The second kappa shape index (κ2) is 8.19. The van der Waals surface area contributed by atoms with E-state index in [1.165, 1.54) is 5.56 Å². The quantitative estimate of drug-likeness (QED) is 0.624. The van der Waals surface area contributed by atoms with Crippen molar-refractivity contribution in [3.8, 4) is 11.5 Å². The van der Waals surface area contributed by atoms with Crippen molar-refractivity contribution >= 4 is 23.2 Å². The van der Waals surface area contributed by atoms with Gasteiger partial charge in [-0.2, -0.15) is 0 Å². The highest BCUT2D eigenvalue weighted by atomic mass is 16.5. The molecule has 1 aliphatic heterocycles. The Kier molecular flexibility index (Phi) is 5.29. The summed E-state index contributed by atoms with van der Waals surface area (Å²) in [7, 11) is 0. The van der Waals surface area contributed by atoms with Gasteiger partial charge in [0.05, 0.1) is 11.3 Å². The fourth-order valence-electron chi connectivity index (χ4n) is 3.33. The van der Waals surface area contributed by atoms with E-state index in [4.69, 9.17) is 4.74 Å². The minimum absolute atomic E-state index is 0.0743. The molecule has 0 saturated carbocycles. The second-order valence-corrected chi connectivity index (χ2v) is 7.15. The summed E-state index contributed by atoms with van der Waals surface area (Å²) in [5.74, 6) is 0.729. The van der Waals surface area contributed by atoms with Crippen molar-refractivity contribution < 1.29 is 14.3 Å². The number of nitrogens with one attached hydrogen (secondary N) is 2. The lowest BCUT2D eigenvalue weighted by Crippen LogP contribution is -2.14. The summed E-state index contributed by atoms with van der Waals surface area (Å²) >= 11 is 0. The molecule has 0 bridgehead atoms. The second-order valence-electron chi connectivity index (χ2n) is 7.15. The Balaban J connectivity index is 1.42. The van der Waals surface area contributed by atoms with E-state index in [0.29, 0.717) is 34.9 Å². The topological polar surface area (TPSA) is 67.4 Å². The van der Waals surface area contributed by atoms with Crippen LogP contribution < -0.4 is 15.4 Å². The van der Waals surface area contributed by atoms with E-state index >= 15 is 0 Å². The van der Waals surface area contributed by atoms with E-state index in [1.54, 1.807) is 18.2 Å². The normalized spacial score (nSPS) is 12.1. The molecule has 2 N–H and O–H groups in total. The van der Waals surface area contributed by atoms with Gasteiger partial charge in [0.2, 0.25) is 5.91 Å². The van der Waals surface area contributed by atoms with Crippen LogP contribution >= 0.6 is 0 Å². The Morgan fingerprint density at radius 3 is 2.62 bits per heavy atom. The summed E-state index contributed by atoms with van der Waals surface area (Å²) in [5.41, 5.74) is 3.85. The lowest BCUT2D eigenvalue weighted by Gasteiger charge is -2.10. The third-order valence-corrected chi connectivity index (χ3v) is 4.82. The van der Waals surface area contributed by atoms with E-state index in [1.807, 2.05) is 43.3 Å². The number of carbonyl (C=O) groups excluding carboxylic acids is 2. The van der Waals surface area contributed by atoms with E-state index in [-0.39, 0.29) is 11.8 Å². The number of benzene rings is 3. The van der Waals surface area contributed by atoms with Gasteiger partial charge in [0.1, 0.15) is 5.75 Å². The van der Waals surface area contributed by atoms with Crippen molar-refractivity contribution in [2.75, 3.05) is 10.6 Å². The van der Waals surface area contributed by atoms with Crippen LogP contribution in [0.3, 0.4) is 0 Å². The minimum Gasteiger partial charge on any atom is -0.454 e. The lowest BCUT2D eigenvalue weighted by atomic mass is 10.1. The zero-order valence-corrected chi connectivity index (χ0v) is 16.2. The predicted molar refractivity (Wildman–Crippen MR) is 114 cm³/mol. The molecule has 0 unspecified atom stereocenters. The molecule has 5 nitrogen and oxygen atoms in total. The standard InChI is InChI=1S/C24H22N2O3/c1-16-10-12-22-20(14-16)26-24(28)19-15-18(11-13-21(19)29-22)25-23(27)9-5-8-17-6-3-2-4-7-17/h2-4,6-7,10-15H,5,8-9H2,1H3,(H,25,27)(H,26,28). The van der Waals surface area contributed by atoms with Crippen LogP contribution in [0.2, 0.25) is 0 Å². The van der Waals surface area contributed by atoms with Gasteiger partial charge in [-0.15, -0.1) is 0 Å². The van der Waals surface area contributed by atoms with Crippen LogP contribution in [0.1, 0.15) is 34.3 Å². The number of fused-ring (bicyclic) bond motifs is 2. The Morgan fingerprint density at radius 1 is 1.00 bits per heavy atom. The van der Waals surface area contributed by atoms with Crippen molar-refractivity contribution in [3.05, 3.63) is 83.4 Å². The Hall–Kier alpha value is -3.60. The highest BCUT2D eigenvalue weighted by Gasteiger charge is 2.21. The fraction of sp³-hybridized carbons (Fsp3) is 0.167. The van der Waals surface area contributed by atoms with Crippen molar-refractivity contribution in [2.45, 2.75) is 26.2 Å². The SMILES string of the molecule is Cc1ccc2c(c1)NC(=O)c1cc(NC(=O)CCCc3ccccc3)ccc1O2. The van der Waals surface area contributed by atoms with Crippen LogP contribution in [0, 0.1) is 6.92 Å². The maximum atomic E-state index is 12.6. The Bertz CT molecular complexity index is 1060. The van der Waals surface area contributed by atoms with Crippen LogP contribution in [-0.2, 0) is 11.2 Å². The zero-order valence-electron chi connectivity index (χ0n) is 16.2.